The van der Waals surface area contributed by atoms with Gasteiger partial charge >= 0.3 is 0 Å². The number of methoxy groups -OCH3 is 2. The predicted molar refractivity (Wildman–Crippen MR) is 150 cm³/mol. The molecular weight excluding hydrogens is 542 g/mol. The molecule has 0 fully saturated rings. The van der Waals surface area contributed by atoms with Crippen LogP contribution in [0, 0.1) is 17.0 Å². The Balaban J connectivity index is 1.84. The number of hydrogen-bond donors (Lipinski definition) is 0. The average Bonchev–Trinajstić information content (AvgIpc) is 3.34. The third-order valence-corrected chi connectivity index (χ3v) is 8.75. The molecule has 10 nitrogen and oxygen atoms in total. The van der Waals surface area contributed by atoms with Crippen molar-refractivity contribution >= 4 is 33.0 Å². The van der Waals surface area contributed by atoms with E-state index >= 15 is 0 Å². The zero-order valence-electron chi connectivity index (χ0n) is 22.0. The van der Waals surface area contributed by atoms with Gasteiger partial charge in [0.25, 0.3) is 5.69 Å². The van der Waals surface area contributed by atoms with E-state index in [1.165, 1.54) is 6.08 Å². The monoisotopic (exact) mass is 573 g/mol. The quantitative estimate of drug-likeness (QED) is 0.159. The molecule has 2 aromatic carbocycles. The van der Waals surface area contributed by atoms with Crippen LogP contribution in [0.25, 0.3) is 0 Å². The molecule has 1 heterocycles. The molecule has 0 spiro atoms. The van der Waals surface area contributed by atoms with E-state index in [1.807, 2.05) is 31.2 Å². The molecule has 208 valence electrons. The summed E-state index contributed by atoms with van der Waals surface area (Å²) in [5, 5.41) is 11.0. The highest BCUT2D eigenvalue weighted by Gasteiger charge is 2.28. The molecule has 0 aliphatic heterocycles. The van der Waals surface area contributed by atoms with Crippen LogP contribution in [-0.2, 0) is 27.8 Å². The number of nitrogens with zero attached hydrogens (tertiary/aromatic N) is 3. The maximum atomic E-state index is 13.6. The van der Waals surface area contributed by atoms with Crippen LogP contribution in [0.2, 0.25) is 0 Å². The Labute approximate surface area is 232 Å². The number of carbonyl (C=O) groups is 1. The Morgan fingerprint density at radius 3 is 2.33 bits per heavy atom. The van der Waals surface area contributed by atoms with E-state index in [0.717, 1.165) is 43.9 Å². The van der Waals surface area contributed by atoms with Crippen LogP contribution in [0.15, 0.2) is 72.1 Å². The largest absolute Gasteiger partial charge is 0.493 e. The molecule has 0 saturated heterocycles. The molecule has 0 saturated carbocycles. The number of hydrogen-bond acceptors (Lipinski definition) is 8. The number of nitro groups is 1. The fourth-order valence-electron chi connectivity index (χ4n) is 3.88. The maximum absolute atomic E-state index is 13.6. The van der Waals surface area contributed by atoms with Gasteiger partial charge in [0.2, 0.25) is 15.9 Å². The zero-order valence-corrected chi connectivity index (χ0v) is 23.7. The van der Waals surface area contributed by atoms with Crippen molar-refractivity contribution in [1.82, 2.24) is 9.21 Å². The highest BCUT2D eigenvalue weighted by molar-refractivity contribution is 7.89. The topological polar surface area (TPSA) is 119 Å². The number of ether oxygens (including phenoxy) is 2. The van der Waals surface area contributed by atoms with Gasteiger partial charge in [-0.1, -0.05) is 12.1 Å². The van der Waals surface area contributed by atoms with E-state index in [4.69, 9.17) is 9.47 Å². The van der Waals surface area contributed by atoms with Gasteiger partial charge < -0.3 is 14.4 Å². The van der Waals surface area contributed by atoms with Crippen molar-refractivity contribution < 1.29 is 27.6 Å². The van der Waals surface area contributed by atoms with Crippen molar-refractivity contribution in [2.45, 2.75) is 24.8 Å². The van der Waals surface area contributed by atoms with E-state index < -0.39 is 21.5 Å². The number of benzene rings is 2. The Morgan fingerprint density at radius 2 is 1.77 bits per heavy atom. The van der Waals surface area contributed by atoms with E-state index in [0.29, 0.717) is 31.0 Å². The number of rotatable bonds is 14. The molecule has 0 bridgehead atoms. The van der Waals surface area contributed by atoms with Crippen LogP contribution < -0.4 is 9.47 Å². The number of thiophene rings is 1. The van der Waals surface area contributed by atoms with E-state index in [2.05, 4.69) is 6.58 Å². The molecule has 1 aromatic heterocycles. The third-order valence-electron chi connectivity index (χ3n) is 5.94. The molecule has 0 radical (unpaired) electrons. The normalized spacial score (nSPS) is 11.3. The van der Waals surface area contributed by atoms with Crippen LogP contribution in [0.1, 0.15) is 15.3 Å². The first-order chi connectivity index (χ1) is 18.6. The molecule has 1 amide bonds. The SMILES string of the molecule is C=CCN(CC(=O)N(CCc1ccc(OC)c(OC)c1)Cc1ccc(C)s1)S(=O)(=O)c1ccc([N+](=O)[O-])cc1. The predicted octanol–water partition coefficient (Wildman–Crippen LogP) is 4.43. The molecule has 0 aliphatic carbocycles. The number of non-ortho nitro benzene ring substituents is 1. The number of nitro benzene ring substituents is 1. The van der Waals surface area contributed by atoms with E-state index in [-0.39, 0.29) is 23.0 Å². The Bertz CT molecular complexity index is 1420. The number of sulfonamides is 1. The van der Waals surface area contributed by atoms with E-state index in [1.54, 1.807) is 36.5 Å². The van der Waals surface area contributed by atoms with Gasteiger partial charge in [-0.25, -0.2) is 8.42 Å². The smallest absolute Gasteiger partial charge is 0.269 e. The van der Waals surface area contributed by atoms with Crippen molar-refractivity contribution in [1.29, 1.82) is 0 Å². The molecule has 0 N–H and O–H groups in total. The summed E-state index contributed by atoms with van der Waals surface area (Å²) >= 11 is 1.57. The molecule has 0 unspecified atom stereocenters. The second kappa shape index (κ2) is 13.4. The van der Waals surface area contributed by atoms with Gasteiger partial charge in [0.15, 0.2) is 11.5 Å². The lowest BCUT2D eigenvalue weighted by Crippen LogP contribution is -2.43. The number of aryl methyl sites for hydroxylation is 1. The lowest BCUT2D eigenvalue weighted by molar-refractivity contribution is -0.384. The van der Waals surface area contributed by atoms with Crippen LogP contribution in [0.4, 0.5) is 5.69 Å². The van der Waals surface area contributed by atoms with Gasteiger partial charge in [0, 0.05) is 35.0 Å². The number of amides is 1. The van der Waals surface area contributed by atoms with Crippen molar-refractivity contribution in [3.8, 4) is 11.5 Å². The summed E-state index contributed by atoms with van der Waals surface area (Å²) < 4.78 is 38.4. The minimum atomic E-state index is -4.12. The highest BCUT2D eigenvalue weighted by atomic mass is 32.2. The van der Waals surface area contributed by atoms with Crippen LogP contribution in [-0.4, -0.2) is 62.3 Å². The van der Waals surface area contributed by atoms with Crippen LogP contribution >= 0.6 is 11.3 Å². The van der Waals surface area contributed by atoms with Crippen LogP contribution in [0.3, 0.4) is 0 Å². The Morgan fingerprint density at radius 1 is 1.08 bits per heavy atom. The Kier molecular flexibility index (Phi) is 10.2. The lowest BCUT2D eigenvalue weighted by atomic mass is 10.1. The lowest BCUT2D eigenvalue weighted by Gasteiger charge is -2.27. The third kappa shape index (κ3) is 7.65. The van der Waals surface area contributed by atoms with Crippen molar-refractivity contribution in [3.05, 3.63) is 92.7 Å². The fourth-order valence-corrected chi connectivity index (χ4v) is 6.15. The first kappa shape index (κ1) is 29.8. The molecule has 0 aliphatic rings. The molecule has 12 heteroatoms. The van der Waals surface area contributed by atoms with Crippen LogP contribution in [0.5, 0.6) is 11.5 Å². The minimum absolute atomic E-state index is 0.104. The van der Waals surface area contributed by atoms with Gasteiger partial charge in [-0.3, -0.25) is 14.9 Å². The van der Waals surface area contributed by atoms with Crippen molar-refractivity contribution in [3.63, 3.8) is 0 Å². The second-order valence-corrected chi connectivity index (χ2v) is 11.9. The van der Waals surface area contributed by atoms with Crippen molar-refractivity contribution in [2.75, 3.05) is 33.9 Å². The van der Waals surface area contributed by atoms with Gasteiger partial charge in [-0.15, -0.1) is 17.9 Å². The summed E-state index contributed by atoms with van der Waals surface area (Å²) in [6.07, 6.45) is 1.90. The molecule has 0 atom stereocenters. The average molecular weight is 574 g/mol. The highest BCUT2D eigenvalue weighted by Crippen LogP contribution is 2.28. The summed E-state index contributed by atoms with van der Waals surface area (Å²) in [6.45, 7) is 5.75. The molecule has 3 rings (SSSR count). The van der Waals surface area contributed by atoms with E-state index in [9.17, 15) is 23.3 Å². The minimum Gasteiger partial charge on any atom is -0.493 e. The van der Waals surface area contributed by atoms with Crippen molar-refractivity contribution in [2.24, 2.45) is 0 Å². The molecule has 3 aromatic rings. The second-order valence-electron chi connectivity index (χ2n) is 8.60. The maximum Gasteiger partial charge on any atom is 0.269 e. The number of carbonyl (C=O) groups excluding carboxylic acids is 1. The Hall–Kier alpha value is -3.74. The summed E-state index contributed by atoms with van der Waals surface area (Å²) in [5.41, 5.74) is 0.696. The van der Waals surface area contributed by atoms with Gasteiger partial charge in [-0.05, 0) is 55.3 Å². The van der Waals surface area contributed by atoms with Gasteiger partial charge in [0.1, 0.15) is 0 Å². The van der Waals surface area contributed by atoms with Gasteiger partial charge in [-0.2, -0.15) is 4.31 Å². The summed E-state index contributed by atoms with van der Waals surface area (Å²) in [6, 6.07) is 14.0. The first-order valence-electron chi connectivity index (χ1n) is 12.0. The molecule has 39 heavy (non-hydrogen) atoms. The first-order valence-corrected chi connectivity index (χ1v) is 14.2. The summed E-state index contributed by atoms with van der Waals surface area (Å²) in [4.78, 5) is 27.5. The molecular formula is C27H31N3O7S2. The summed E-state index contributed by atoms with van der Waals surface area (Å²) in [7, 11) is -1.01. The summed E-state index contributed by atoms with van der Waals surface area (Å²) in [5.74, 6) is 0.793. The fraction of sp³-hybridized carbons (Fsp3) is 0.296. The van der Waals surface area contributed by atoms with Gasteiger partial charge in [0.05, 0.1) is 37.1 Å². The standard InChI is InChI=1S/C27H31N3O7S2/c1-5-15-29(39(34,35)24-11-8-22(9-12-24)30(32)33)19-27(31)28(18-23-10-6-20(2)38-23)16-14-21-7-13-25(36-3)26(17-21)37-4/h5-13,17H,1,14-16,18-19H2,2-4H3. The zero-order chi connectivity index (χ0) is 28.6.